The van der Waals surface area contributed by atoms with E-state index in [1.165, 1.54) is 44.9 Å². The number of rotatable bonds is 5. The summed E-state index contributed by atoms with van der Waals surface area (Å²) >= 11 is 0. The van der Waals surface area contributed by atoms with Gasteiger partial charge in [0.05, 0.1) is 25.3 Å². The Kier molecular flexibility index (Phi) is 4.50. The van der Waals surface area contributed by atoms with Crippen LogP contribution >= 0.6 is 0 Å². The number of benzene rings is 2. The van der Waals surface area contributed by atoms with Crippen LogP contribution in [0.4, 0.5) is 0 Å². The molecule has 4 heteroatoms. The highest BCUT2D eigenvalue weighted by Crippen LogP contribution is 2.40. The van der Waals surface area contributed by atoms with Gasteiger partial charge in [0.2, 0.25) is 0 Å². The molecule has 1 aliphatic heterocycles. The van der Waals surface area contributed by atoms with E-state index in [-0.39, 0.29) is 0 Å². The minimum absolute atomic E-state index is 0.404. The summed E-state index contributed by atoms with van der Waals surface area (Å²) in [6, 6.07) is 17.1. The molecule has 30 heavy (non-hydrogen) atoms. The molecular weight excluding hydrogens is 370 g/mol. The fourth-order valence-corrected chi connectivity index (χ4v) is 4.97. The predicted octanol–water partition coefficient (Wildman–Crippen LogP) is 5.47. The Morgan fingerprint density at radius 2 is 1.93 bits per heavy atom. The highest BCUT2D eigenvalue weighted by atomic mass is 16.5. The molecule has 3 heterocycles. The van der Waals surface area contributed by atoms with Crippen molar-refractivity contribution in [3.05, 3.63) is 72.6 Å². The molecule has 4 aromatic rings. The van der Waals surface area contributed by atoms with Crippen LogP contribution < -0.4 is 9.30 Å². The van der Waals surface area contributed by atoms with Gasteiger partial charge in [-0.3, -0.25) is 0 Å². The fraction of sp³-hybridized carbons (Fsp3) is 0.269. The van der Waals surface area contributed by atoms with Gasteiger partial charge in [-0.05, 0) is 35.9 Å². The molecule has 0 saturated heterocycles. The molecule has 0 unspecified atom stereocenters. The van der Waals surface area contributed by atoms with Gasteiger partial charge >= 0.3 is 0 Å². The molecular formula is C26H28N3O+. The number of nitrogens with zero attached hydrogens (tertiary/aromatic N) is 2. The molecule has 0 amide bonds. The highest BCUT2D eigenvalue weighted by Gasteiger charge is 2.38. The first kappa shape index (κ1) is 18.7. The average Bonchev–Trinajstić information content (AvgIpc) is 3.29. The number of para-hydroxylation sites is 1. The zero-order chi connectivity index (χ0) is 20.8. The Bertz CT molecular complexity index is 1240. The first-order valence-corrected chi connectivity index (χ1v) is 10.7. The molecule has 152 valence electrons. The number of aryl methyl sites for hydroxylation is 1. The van der Waals surface area contributed by atoms with E-state index in [0.717, 1.165) is 25.3 Å². The predicted molar refractivity (Wildman–Crippen MR) is 122 cm³/mol. The van der Waals surface area contributed by atoms with E-state index in [9.17, 15) is 0 Å². The lowest BCUT2D eigenvalue weighted by molar-refractivity contribution is -0.695. The van der Waals surface area contributed by atoms with Crippen molar-refractivity contribution in [1.82, 2.24) is 9.55 Å². The summed E-state index contributed by atoms with van der Waals surface area (Å²) in [6.45, 7) is 10.4. The lowest BCUT2D eigenvalue weighted by atomic mass is 9.99. The van der Waals surface area contributed by atoms with Gasteiger partial charge in [0.1, 0.15) is 12.3 Å². The molecule has 2 aromatic heterocycles. The van der Waals surface area contributed by atoms with E-state index in [2.05, 4.69) is 70.9 Å². The van der Waals surface area contributed by atoms with Crippen LogP contribution in [0.2, 0.25) is 0 Å². The van der Waals surface area contributed by atoms with Crippen LogP contribution in [0.25, 0.3) is 33.5 Å². The minimum Gasteiger partial charge on any atom is -0.497 e. The third-order valence-corrected chi connectivity index (χ3v) is 6.14. The molecule has 1 N–H and O–H groups in total. The van der Waals surface area contributed by atoms with Gasteiger partial charge in [-0.2, -0.15) is 0 Å². The third kappa shape index (κ3) is 2.71. The number of imidazole rings is 1. The number of aromatic nitrogens is 3. The van der Waals surface area contributed by atoms with Crippen molar-refractivity contribution in [2.24, 2.45) is 0 Å². The van der Waals surface area contributed by atoms with Crippen molar-refractivity contribution >= 4 is 10.9 Å². The van der Waals surface area contributed by atoms with Gasteiger partial charge in [-0.25, -0.2) is 9.13 Å². The molecule has 2 aromatic carbocycles. The molecule has 1 aliphatic rings. The molecule has 0 fully saturated rings. The van der Waals surface area contributed by atoms with Crippen molar-refractivity contribution in [2.45, 2.75) is 39.3 Å². The fourth-order valence-electron chi connectivity index (χ4n) is 4.97. The maximum Gasteiger partial charge on any atom is 0.260 e. The molecule has 0 radical (unpaired) electrons. The lowest BCUT2D eigenvalue weighted by Crippen LogP contribution is -2.43. The first-order chi connectivity index (χ1) is 14.6. The van der Waals surface area contributed by atoms with E-state index in [1.807, 2.05) is 18.2 Å². The average molecular weight is 399 g/mol. The standard InChI is InChI=1S/C26H28N3O/c1-5-15-28-24(18-10-12-19(30-4)13-11-18)25-23-21(14-16-29(25)26(28)17(2)3)20-8-6-7-9-22(20)27-23/h5-13,17,27H,1,14-16H2,2-4H3/q+1. The van der Waals surface area contributed by atoms with Crippen LogP contribution in [0.1, 0.15) is 31.2 Å². The number of hydrogen-bond acceptors (Lipinski definition) is 1. The van der Waals surface area contributed by atoms with Crippen LogP contribution in [0.15, 0.2) is 61.2 Å². The summed E-state index contributed by atoms with van der Waals surface area (Å²) in [6.07, 6.45) is 3.04. The molecule has 0 spiro atoms. The molecule has 0 bridgehead atoms. The molecule has 0 atom stereocenters. The Labute approximate surface area is 177 Å². The number of ether oxygens (including phenoxy) is 1. The Morgan fingerprint density at radius 3 is 2.63 bits per heavy atom. The van der Waals surface area contributed by atoms with Crippen LogP contribution in [0, 0.1) is 0 Å². The van der Waals surface area contributed by atoms with Crippen LogP contribution in [0.3, 0.4) is 0 Å². The monoisotopic (exact) mass is 398 g/mol. The number of H-pyrrole nitrogens is 1. The maximum atomic E-state index is 5.40. The van der Waals surface area contributed by atoms with E-state index >= 15 is 0 Å². The highest BCUT2D eigenvalue weighted by molar-refractivity contribution is 5.92. The minimum atomic E-state index is 0.404. The van der Waals surface area contributed by atoms with Crippen molar-refractivity contribution in [2.75, 3.05) is 7.11 Å². The topological polar surface area (TPSA) is 33.8 Å². The Morgan fingerprint density at radius 1 is 1.17 bits per heavy atom. The van der Waals surface area contributed by atoms with Crippen molar-refractivity contribution in [3.63, 3.8) is 0 Å². The van der Waals surface area contributed by atoms with E-state index < -0.39 is 0 Å². The van der Waals surface area contributed by atoms with E-state index in [1.54, 1.807) is 7.11 Å². The van der Waals surface area contributed by atoms with Gasteiger partial charge in [0, 0.05) is 22.9 Å². The number of allylic oxidation sites excluding steroid dienone is 1. The second-order valence-electron chi connectivity index (χ2n) is 8.26. The zero-order valence-electron chi connectivity index (χ0n) is 17.9. The van der Waals surface area contributed by atoms with E-state index in [4.69, 9.17) is 4.74 Å². The van der Waals surface area contributed by atoms with Gasteiger partial charge < -0.3 is 9.72 Å². The second-order valence-corrected chi connectivity index (χ2v) is 8.26. The molecule has 4 nitrogen and oxygen atoms in total. The first-order valence-electron chi connectivity index (χ1n) is 10.7. The molecule has 5 rings (SSSR count). The van der Waals surface area contributed by atoms with Gasteiger partial charge in [-0.1, -0.05) is 44.7 Å². The van der Waals surface area contributed by atoms with Crippen molar-refractivity contribution in [3.8, 4) is 28.4 Å². The number of nitrogens with one attached hydrogen (secondary N) is 1. The summed E-state index contributed by atoms with van der Waals surface area (Å²) in [5.41, 5.74) is 7.60. The largest absolute Gasteiger partial charge is 0.497 e. The number of methoxy groups -OCH3 is 1. The van der Waals surface area contributed by atoms with Gasteiger partial charge in [0.15, 0.2) is 11.4 Å². The summed E-state index contributed by atoms with van der Waals surface area (Å²) in [4.78, 5) is 3.74. The van der Waals surface area contributed by atoms with Crippen LogP contribution in [-0.4, -0.2) is 16.7 Å². The number of hydrogen-bond donors (Lipinski definition) is 1. The summed E-state index contributed by atoms with van der Waals surface area (Å²) in [7, 11) is 1.71. The quantitative estimate of drug-likeness (QED) is 0.351. The smallest absolute Gasteiger partial charge is 0.260 e. The zero-order valence-corrected chi connectivity index (χ0v) is 17.9. The third-order valence-electron chi connectivity index (χ3n) is 6.14. The second kappa shape index (κ2) is 7.21. The Hall–Kier alpha value is -3.27. The number of aromatic amines is 1. The normalized spacial score (nSPS) is 12.8. The lowest BCUT2D eigenvalue weighted by Gasteiger charge is -2.13. The van der Waals surface area contributed by atoms with Gasteiger partial charge in [-0.15, -0.1) is 0 Å². The Balaban J connectivity index is 1.86. The van der Waals surface area contributed by atoms with Gasteiger partial charge in [0.25, 0.3) is 5.82 Å². The summed E-state index contributed by atoms with van der Waals surface area (Å²) in [5, 5.41) is 1.34. The van der Waals surface area contributed by atoms with Crippen molar-refractivity contribution in [1.29, 1.82) is 0 Å². The SMILES string of the molecule is C=CCn1c(-c2ccc(OC)cc2)c2[n+](c1C(C)C)CCc1c-2[nH]c2ccccc12. The van der Waals surface area contributed by atoms with E-state index in [0.29, 0.717) is 5.92 Å². The maximum absolute atomic E-state index is 5.40. The summed E-state index contributed by atoms with van der Waals surface area (Å²) < 4.78 is 10.4. The molecule has 0 saturated carbocycles. The van der Waals surface area contributed by atoms with Crippen molar-refractivity contribution < 1.29 is 9.30 Å². The van der Waals surface area contributed by atoms with Crippen LogP contribution in [0.5, 0.6) is 5.75 Å². The summed E-state index contributed by atoms with van der Waals surface area (Å²) in [5.74, 6) is 2.62. The van der Waals surface area contributed by atoms with Crippen LogP contribution in [-0.2, 0) is 19.5 Å². The number of fused-ring (bicyclic) bond motifs is 5. The molecule has 0 aliphatic carbocycles.